The molecule has 1 aliphatic rings. The van der Waals surface area contributed by atoms with E-state index < -0.39 is 29.4 Å². The third-order valence-electron chi connectivity index (χ3n) is 8.03. The summed E-state index contributed by atoms with van der Waals surface area (Å²) in [7, 11) is 3.68. The average molecular weight is 651 g/mol. The van der Waals surface area contributed by atoms with Crippen LogP contribution < -0.4 is 10.0 Å². The summed E-state index contributed by atoms with van der Waals surface area (Å²) in [5.74, 6) is -2.16. The minimum Gasteiger partial charge on any atom is -0.483 e. The standard InChI is InChI=1S/C30H28F5N3O.CH5NS.CH2O2/c1-16-21(5-4-6-22(16)29(39)37-26-11-9-20(15-25(26)32)30(33,34)35)23-10-7-18(13-24(23)31)19-8-12-28-27(14-19)36-17(2)38(28)3;1-2-3;2-1-3/h7-16,21-22H,4-6H2,1-3H3,(H,37,39);2-3H,1H3;1H,(H,2,3)/t16-,21?,22?;;/m1../s1. The molecule has 1 heterocycles. The van der Waals surface area contributed by atoms with Crippen LogP contribution in [0.4, 0.5) is 27.6 Å². The number of carbonyl (C=O) groups excluding carboxylic acids is 1. The average Bonchev–Trinajstić information content (AvgIpc) is 3.27. The van der Waals surface area contributed by atoms with E-state index in [2.05, 4.69) is 27.8 Å². The number of nitrogens with one attached hydrogen (secondary N) is 2. The maximum absolute atomic E-state index is 15.5. The fourth-order valence-electron chi connectivity index (χ4n) is 5.70. The summed E-state index contributed by atoms with van der Waals surface area (Å²) in [5, 5.41) is 9.33. The minimum atomic E-state index is -4.68. The fraction of sp³-hybridized carbons (Fsp3) is 0.344. The maximum atomic E-state index is 15.5. The van der Waals surface area contributed by atoms with Gasteiger partial charge in [-0.2, -0.15) is 13.2 Å². The van der Waals surface area contributed by atoms with E-state index in [1.165, 1.54) is 6.07 Å². The Balaban J connectivity index is 0.000000853. The number of alkyl halides is 3. The molecule has 2 unspecified atom stereocenters. The van der Waals surface area contributed by atoms with E-state index in [0.29, 0.717) is 30.9 Å². The van der Waals surface area contributed by atoms with E-state index in [-0.39, 0.29) is 29.8 Å². The molecule has 3 aromatic carbocycles. The number of amides is 1. The van der Waals surface area contributed by atoms with Gasteiger partial charge in [-0.15, -0.1) is 0 Å². The largest absolute Gasteiger partial charge is 0.483 e. The van der Waals surface area contributed by atoms with E-state index in [4.69, 9.17) is 9.90 Å². The van der Waals surface area contributed by atoms with Crippen LogP contribution in [0.25, 0.3) is 22.2 Å². The number of imidazole rings is 1. The molecular formula is C32H35F5N4O3S. The Morgan fingerprint density at radius 1 is 1.04 bits per heavy atom. The first-order chi connectivity index (χ1) is 21.3. The first kappa shape index (κ1) is 35.5. The Kier molecular flexibility index (Phi) is 12.1. The van der Waals surface area contributed by atoms with Gasteiger partial charge in [0.2, 0.25) is 5.91 Å². The van der Waals surface area contributed by atoms with Crippen LogP contribution >= 0.6 is 12.8 Å². The monoisotopic (exact) mass is 650 g/mol. The molecule has 1 aromatic heterocycles. The van der Waals surface area contributed by atoms with Gasteiger partial charge < -0.3 is 15.0 Å². The van der Waals surface area contributed by atoms with Crippen LogP contribution in [0, 0.1) is 30.4 Å². The number of rotatable bonds is 4. The molecule has 0 aliphatic heterocycles. The van der Waals surface area contributed by atoms with Gasteiger partial charge in [-0.1, -0.05) is 44.4 Å². The summed E-state index contributed by atoms with van der Waals surface area (Å²) in [4.78, 5) is 26.0. The van der Waals surface area contributed by atoms with Gasteiger partial charge in [0.05, 0.1) is 22.3 Å². The number of aryl methyl sites for hydroxylation is 2. The van der Waals surface area contributed by atoms with Crippen LogP contribution in [0.3, 0.4) is 0 Å². The Morgan fingerprint density at radius 2 is 1.67 bits per heavy atom. The number of thiol groups is 1. The number of carboxylic acid groups (broad SMARTS) is 1. The molecule has 1 amide bonds. The van der Waals surface area contributed by atoms with Gasteiger partial charge in [0, 0.05) is 13.0 Å². The molecule has 0 saturated heterocycles. The predicted octanol–water partition coefficient (Wildman–Crippen LogP) is 7.76. The number of fused-ring (bicyclic) bond motifs is 1. The zero-order valence-electron chi connectivity index (χ0n) is 25.1. The molecule has 1 aliphatic carbocycles. The Hall–Kier alpha value is -3.97. The van der Waals surface area contributed by atoms with Crippen molar-refractivity contribution in [1.29, 1.82) is 0 Å². The molecular weight excluding hydrogens is 615 g/mol. The molecule has 5 rings (SSSR count). The van der Waals surface area contributed by atoms with Gasteiger partial charge in [-0.05, 0) is 91.7 Å². The van der Waals surface area contributed by atoms with E-state index in [1.54, 1.807) is 13.1 Å². The first-order valence-electron chi connectivity index (χ1n) is 14.1. The van der Waals surface area contributed by atoms with Crippen molar-refractivity contribution in [3.05, 3.63) is 83.2 Å². The van der Waals surface area contributed by atoms with Gasteiger partial charge >= 0.3 is 6.18 Å². The fourth-order valence-corrected chi connectivity index (χ4v) is 5.70. The number of hydrogen-bond donors (Lipinski definition) is 4. The Bertz CT molecular complexity index is 1640. The molecule has 45 heavy (non-hydrogen) atoms. The SMILES string of the molecule is CNS.Cc1nc2cc(-c3ccc(C4CCCC(C(=O)Nc5ccc(C(F)(F)F)cc5F)[C@@H]4C)c(F)c3)ccc2n1C.O=CO. The van der Waals surface area contributed by atoms with Gasteiger partial charge in [0.25, 0.3) is 6.47 Å². The quantitative estimate of drug-likeness (QED) is 0.103. The summed E-state index contributed by atoms with van der Waals surface area (Å²) in [5.41, 5.74) is 2.46. The van der Waals surface area contributed by atoms with Crippen LogP contribution in [0.15, 0.2) is 54.6 Å². The third kappa shape index (κ3) is 8.40. The molecule has 0 spiro atoms. The second-order valence-electron chi connectivity index (χ2n) is 10.7. The van der Waals surface area contributed by atoms with Crippen molar-refractivity contribution in [2.24, 2.45) is 18.9 Å². The summed E-state index contributed by atoms with van der Waals surface area (Å²) in [6, 6.07) is 13.0. The third-order valence-corrected chi connectivity index (χ3v) is 8.03. The molecule has 13 heteroatoms. The predicted molar refractivity (Wildman–Crippen MR) is 167 cm³/mol. The van der Waals surface area contributed by atoms with E-state index >= 15 is 4.39 Å². The topological polar surface area (TPSA) is 96.3 Å². The number of carbonyl (C=O) groups is 2. The van der Waals surface area contributed by atoms with Crippen LogP contribution in [0.1, 0.15) is 49.1 Å². The highest BCUT2D eigenvalue weighted by molar-refractivity contribution is 7.78. The van der Waals surface area contributed by atoms with E-state index in [0.717, 1.165) is 40.1 Å². The lowest BCUT2D eigenvalue weighted by Crippen LogP contribution is -2.34. The first-order valence-corrected chi connectivity index (χ1v) is 14.5. The summed E-state index contributed by atoms with van der Waals surface area (Å²) in [6.07, 6.45) is -2.80. The van der Waals surface area contributed by atoms with Crippen molar-refractivity contribution < 1.29 is 36.6 Å². The Labute approximate surface area is 263 Å². The summed E-state index contributed by atoms with van der Waals surface area (Å²) in [6.45, 7) is 3.54. The van der Waals surface area contributed by atoms with Crippen molar-refractivity contribution >= 4 is 41.9 Å². The molecule has 1 fully saturated rings. The molecule has 0 radical (unpaired) electrons. The van der Waals surface area contributed by atoms with Gasteiger partial charge in [-0.3, -0.25) is 14.3 Å². The van der Waals surface area contributed by atoms with Crippen molar-refractivity contribution in [2.45, 2.75) is 45.2 Å². The highest BCUT2D eigenvalue weighted by atomic mass is 32.1. The van der Waals surface area contributed by atoms with Gasteiger partial charge in [-0.25, -0.2) is 13.8 Å². The van der Waals surface area contributed by atoms with Crippen LogP contribution in [0.2, 0.25) is 0 Å². The minimum absolute atomic E-state index is 0.234. The highest BCUT2D eigenvalue weighted by Gasteiger charge is 2.37. The number of halogens is 5. The number of anilines is 1. The van der Waals surface area contributed by atoms with Crippen molar-refractivity contribution in [1.82, 2.24) is 14.3 Å². The van der Waals surface area contributed by atoms with E-state index in [9.17, 15) is 22.4 Å². The normalized spacial score (nSPS) is 17.9. The molecule has 0 bridgehead atoms. The lowest BCUT2D eigenvalue weighted by Gasteiger charge is -2.35. The van der Waals surface area contributed by atoms with E-state index in [1.807, 2.05) is 49.7 Å². The number of aromatic nitrogens is 2. The molecule has 3 N–H and O–H groups in total. The zero-order valence-corrected chi connectivity index (χ0v) is 26.0. The lowest BCUT2D eigenvalue weighted by molar-refractivity contribution is -0.137. The smallest absolute Gasteiger partial charge is 0.416 e. The molecule has 4 aromatic rings. The maximum Gasteiger partial charge on any atom is 0.416 e. The second-order valence-corrected chi connectivity index (χ2v) is 11.1. The van der Waals surface area contributed by atoms with Crippen molar-refractivity contribution in [3.8, 4) is 11.1 Å². The van der Waals surface area contributed by atoms with Crippen LogP contribution in [-0.2, 0) is 22.8 Å². The molecule has 3 atom stereocenters. The molecule has 1 saturated carbocycles. The molecule has 7 nitrogen and oxygen atoms in total. The number of benzene rings is 3. The van der Waals surface area contributed by atoms with Crippen LogP contribution in [0.5, 0.6) is 0 Å². The van der Waals surface area contributed by atoms with Crippen molar-refractivity contribution in [3.63, 3.8) is 0 Å². The summed E-state index contributed by atoms with van der Waals surface area (Å²) < 4.78 is 72.8. The van der Waals surface area contributed by atoms with Gasteiger partial charge in [0.15, 0.2) is 0 Å². The molecule has 242 valence electrons. The second kappa shape index (κ2) is 15.3. The number of nitrogens with zero attached hydrogens (tertiary/aromatic N) is 2. The number of hydrogen-bond acceptors (Lipinski definition) is 5. The zero-order chi connectivity index (χ0) is 33.5. The Morgan fingerprint density at radius 3 is 2.27 bits per heavy atom. The van der Waals surface area contributed by atoms with Crippen LogP contribution in [-0.4, -0.2) is 34.1 Å². The highest BCUT2D eigenvalue weighted by Crippen LogP contribution is 2.43. The lowest BCUT2D eigenvalue weighted by atomic mass is 9.69. The summed E-state index contributed by atoms with van der Waals surface area (Å²) >= 11 is 3.54. The van der Waals surface area contributed by atoms with Gasteiger partial charge in [0.1, 0.15) is 17.5 Å². The van der Waals surface area contributed by atoms with Crippen molar-refractivity contribution in [2.75, 3.05) is 12.4 Å².